The number of hydrogen-bond acceptors (Lipinski definition) is 4. The summed E-state index contributed by atoms with van der Waals surface area (Å²) in [6.07, 6.45) is 0.273. The van der Waals surface area contributed by atoms with Crippen molar-refractivity contribution in [2.24, 2.45) is 4.99 Å². The average Bonchev–Trinajstić information content (AvgIpc) is 3.04. The van der Waals surface area contributed by atoms with Crippen molar-refractivity contribution < 1.29 is 9.90 Å². The number of aliphatic hydroxyl groups excluding tert-OH is 1. The highest BCUT2D eigenvalue weighted by Crippen LogP contribution is 2.29. The zero-order valence-electron chi connectivity index (χ0n) is 14.4. The molecule has 1 atom stereocenters. The fourth-order valence-corrected chi connectivity index (χ4v) is 3.22. The first-order chi connectivity index (χ1) is 11.6. The fraction of sp³-hybridized carbons (Fsp3) is 0.412. The maximum atomic E-state index is 11.6. The van der Waals surface area contributed by atoms with Gasteiger partial charge in [0.2, 0.25) is 5.91 Å². The van der Waals surface area contributed by atoms with Crippen LogP contribution in [0, 0.1) is 0 Å². The van der Waals surface area contributed by atoms with Crippen LogP contribution in [0.4, 0.5) is 0 Å². The zero-order chi connectivity index (χ0) is 17.4. The van der Waals surface area contributed by atoms with E-state index in [4.69, 9.17) is 0 Å². The number of guanidine groups is 1. The third-order valence-corrected chi connectivity index (χ3v) is 4.67. The first kappa shape index (κ1) is 21.7. The van der Waals surface area contributed by atoms with Crippen LogP contribution >= 0.6 is 35.3 Å². The molecule has 0 saturated heterocycles. The minimum Gasteiger partial charge on any atom is -0.386 e. The number of rotatable bonds is 7. The molecule has 4 N–H and O–H groups in total. The Kier molecular flexibility index (Phi) is 9.76. The number of fused-ring (bicyclic) bond motifs is 1. The molecule has 0 aliphatic heterocycles. The van der Waals surface area contributed by atoms with E-state index in [0.717, 1.165) is 21.4 Å². The maximum absolute atomic E-state index is 11.6. The Bertz CT molecular complexity index is 672. The SMILES string of the molecule is CCCNC(=O)CNC(=NC)NCC(O)c1cc2ccccc2s1.I. The number of nitrogens with one attached hydrogen (secondary N) is 3. The van der Waals surface area contributed by atoms with E-state index in [2.05, 4.69) is 20.9 Å². The van der Waals surface area contributed by atoms with Crippen molar-refractivity contribution in [1.82, 2.24) is 16.0 Å². The lowest BCUT2D eigenvalue weighted by Crippen LogP contribution is -2.44. The maximum Gasteiger partial charge on any atom is 0.239 e. The Morgan fingerprint density at radius 3 is 2.72 bits per heavy atom. The van der Waals surface area contributed by atoms with Crippen LogP contribution in [-0.2, 0) is 4.79 Å². The van der Waals surface area contributed by atoms with Crippen LogP contribution in [0.15, 0.2) is 35.3 Å². The molecule has 1 amide bonds. The van der Waals surface area contributed by atoms with E-state index in [-0.39, 0.29) is 36.4 Å². The second-order valence-corrected chi connectivity index (χ2v) is 6.47. The molecule has 0 fully saturated rings. The summed E-state index contributed by atoms with van der Waals surface area (Å²) in [4.78, 5) is 16.5. The second-order valence-electron chi connectivity index (χ2n) is 5.36. The number of hydrogen-bond donors (Lipinski definition) is 4. The lowest BCUT2D eigenvalue weighted by atomic mass is 10.2. The third kappa shape index (κ3) is 6.79. The highest BCUT2D eigenvalue weighted by atomic mass is 127. The third-order valence-electron chi connectivity index (χ3n) is 3.45. The Morgan fingerprint density at radius 2 is 2.04 bits per heavy atom. The molecule has 1 heterocycles. The number of thiophene rings is 1. The largest absolute Gasteiger partial charge is 0.386 e. The highest BCUT2D eigenvalue weighted by Gasteiger charge is 2.12. The minimum atomic E-state index is -0.630. The van der Waals surface area contributed by atoms with Gasteiger partial charge in [-0.2, -0.15) is 0 Å². The van der Waals surface area contributed by atoms with Gasteiger partial charge in [0.05, 0.1) is 6.54 Å². The summed E-state index contributed by atoms with van der Waals surface area (Å²) in [7, 11) is 1.63. The summed E-state index contributed by atoms with van der Waals surface area (Å²) in [6, 6.07) is 10.0. The van der Waals surface area contributed by atoms with Crippen LogP contribution in [0.2, 0.25) is 0 Å². The molecule has 2 rings (SSSR count). The summed E-state index contributed by atoms with van der Waals surface area (Å²) in [6.45, 7) is 3.14. The lowest BCUT2D eigenvalue weighted by Gasteiger charge is -2.14. The molecule has 25 heavy (non-hydrogen) atoms. The van der Waals surface area contributed by atoms with Gasteiger partial charge in [0, 0.05) is 29.7 Å². The van der Waals surface area contributed by atoms with Crippen molar-refractivity contribution >= 4 is 57.3 Å². The van der Waals surface area contributed by atoms with Gasteiger partial charge in [-0.3, -0.25) is 9.79 Å². The lowest BCUT2D eigenvalue weighted by molar-refractivity contribution is -0.120. The molecular formula is C17H25IN4O2S. The van der Waals surface area contributed by atoms with E-state index in [1.165, 1.54) is 0 Å². The predicted molar refractivity (Wildman–Crippen MR) is 115 cm³/mol. The number of halogens is 1. The number of carbonyl (C=O) groups is 1. The molecule has 0 radical (unpaired) electrons. The van der Waals surface area contributed by atoms with Gasteiger partial charge >= 0.3 is 0 Å². The average molecular weight is 476 g/mol. The summed E-state index contributed by atoms with van der Waals surface area (Å²) in [5.41, 5.74) is 0. The normalized spacial score (nSPS) is 12.4. The molecule has 0 saturated carbocycles. The van der Waals surface area contributed by atoms with Crippen LogP contribution in [-0.4, -0.2) is 43.7 Å². The predicted octanol–water partition coefficient (Wildman–Crippen LogP) is 2.24. The molecule has 1 unspecified atom stereocenters. The van der Waals surface area contributed by atoms with E-state index in [1.54, 1.807) is 18.4 Å². The number of benzene rings is 1. The van der Waals surface area contributed by atoms with Gasteiger partial charge in [-0.15, -0.1) is 35.3 Å². The van der Waals surface area contributed by atoms with Gasteiger partial charge in [-0.05, 0) is 23.9 Å². The number of amides is 1. The van der Waals surface area contributed by atoms with E-state index in [1.807, 2.05) is 37.3 Å². The Labute approximate surface area is 169 Å². The van der Waals surface area contributed by atoms with Crippen LogP contribution in [0.3, 0.4) is 0 Å². The summed E-state index contributed by atoms with van der Waals surface area (Å²) >= 11 is 1.58. The fourth-order valence-electron chi connectivity index (χ4n) is 2.17. The van der Waals surface area contributed by atoms with Crippen LogP contribution in [0.25, 0.3) is 10.1 Å². The molecule has 8 heteroatoms. The molecule has 0 aliphatic rings. The summed E-state index contributed by atoms with van der Waals surface area (Å²) in [5.74, 6) is 0.409. The Hall–Kier alpha value is -1.39. The number of aliphatic imine (C=N–C) groups is 1. The molecular weight excluding hydrogens is 451 g/mol. The molecule has 138 valence electrons. The Balaban J connectivity index is 0.00000312. The highest BCUT2D eigenvalue weighted by molar-refractivity contribution is 14.0. The molecule has 0 aliphatic carbocycles. The first-order valence-electron chi connectivity index (χ1n) is 8.01. The van der Waals surface area contributed by atoms with Crippen molar-refractivity contribution in [3.8, 4) is 0 Å². The molecule has 0 spiro atoms. The van der Waals surface area contributed by atoms with Crippen LogP contribution in [0.1, 0.15) is 24.3 Å². The van der Waals surface area contributed by atoms with Gasteiger partial charge in [0.25, 0.3) is 0 Å². The smallest absolute Gasteiger partial charge is 0.239 e. The van der Waals surface area contributed by atoms with Crippen LogP contribution in [0.5, 0.6) is 0 Å². The van der Waals surface area contributed by atoms with Gasteiger partial charge < -0.3 is 21.1 Å². The van der Waals surface area contributed by atoms with Gasteiger partial charge in [-0.25, -0.2) is 0 Å². The molecule has 1 aromatic heterocycles. The quantitative estimate of drug-likeness (QED) is 0.281. The van der Waals surface area contributed by atoms with E-state index >= 15 is 0 Å². The standard InChI is InChI=1S/C17H24N4O2S.HI/c1-3-8-19-16(23)11-21-17(18-2)20-10-13(22)15-9-12-6-4-5-7-14(12)24-15;/h4-7,9,13,22H,3,8,10-11H2,1-2H3,(H,19,23)(H2,18,20,21);1H. The number of aliphatic hydroxyl groups is 1. The molecule has 6 nitrogen and oxygen atoms in total. The van der Waals surface area contributed by atoms with E-state index < -0.39 is 6.10 Å². The van der Waals surface area contributed by atoms with Crippen molar-refractivity contribution in [2.45, 2.75) is 19.4 Å². The minimum absolute atomic E-state index is 0. The van der Waals surface area contributed by atoms with Crippen LogP contribution < -0.4 is 16.0 Å². The van der Waals surface area contributed by atoms with E-state index in [9.17, 15) is 9.90 Å². The Morgan fingerprint density at radius 1 is 1.28 bits per heavy atom. The van der Waals surface area contributed by atoms with Crippen molar-refractivity contribution in [1.29, 1.82) is 0 Å². The number of nitrogens with zero attached hydrogens (tertiary/aromatic N) is 1. The molecule has 0 bridgehead atoms. The van der Waals surface area contributed by atoms with Gasteiger partial charge in [0.15, 0.2) is 5.96 Å². The van der Waals surface area contributed by atoms with Gasteiger partial charge in [0.1, 0.15) is 6.10 Å². The summed E-state index contributed by atoms with van der Waals surface area (Å²) in [5, 5.41) is 20.2. The molecule has 2 aromatic rings. The van der Waals surface area contributed by atoms with Gasteiger partial charge in [-0.1, -0.05) is 25.1 Å². The van der Waals surface area contributed by atoms with Crippen molar-refractivity contribution in [2.75, 3.05) is 26.7 Å². The first-order valence-corrected chi connectivity index (χ1v) is 8.83. The number of carbonyl (C=O) groups excluding carboxylic acids is 1. The van der Waals surface area contributed by atoms with Crippen molar-refractivity contribution in [3.05, 3.63) is 35.2 Å². The topological polar surface area (TPSA) is 85.8 Å². The summed E-state index contributed by atoms with van der Waals surface area (Å²) < 4.78 is 1.15. The molecule has 1 aromatic carbocycles. The zero-order valence-corrected chi connectivity index (χ0v) is 17.6. The monoisotopic (exact) mass is 476 g/mol. The van der Waals surface area contributed by atoms with Crippen molar-refractivity contribution in [3.63, 3.8) is 0 Å². The van der Waals surface area contributed by atoms with E-state index in [0.29, 0.717) is 19.0 Å². The second kappa shape index (κ2) is 11.3.